The molecule has 1 aliphatic heterocycles. The second kappa shape index (κ2) is 9.47. The molecule has 1 saturated heterocycles. The lowest BCUT2D eigenvalue weighted by Gasteiger charge is -2.36. The number of H-pyrrole nitrogens is 1. The Balaban J connectivity index is 1.87. The highest BCUT2D eigenvalue weighted by Crippen LogP contribution is 2.37. The fourth-order valence-corrected chi connectivity index (χ4v) is 3.38. The number of nitrogens with zero attached hydrogens (tertiary/aromatic N) is 3. The quantitative estimate of drug-likeness (QED) is 0.529. The van der Waals surface area contributed by atoms with Crippen molar-refractivity contribution in [1.82, 2.24) is 25.3 Å². The monoisotopic (exact) mass is 453 g/mol. The largest absolute Gasteiger partial charge is 0.467 e. The van der Waals surface area contributed by atoms with E-state index in [9.17, 15) is 9.18 Å². The summed E-state index contributed by atoms with van der Waals surface area (Å²) in [5, 5.41) is 2.73. The second-order valence-corrected chi connectivity index (χ2v) is 7.59. The van der Waals surface area contributed by atoms with Gasteiger partial charge in [-0.25, -0.2) is 14.4 Å². The molecule has 4 rings (SSSR count). The number of ether oxygens (including phenoxy) is 3. The van der Waals surface area contributed by atoms with E-state index in [1.54, 1.807) is 24.3 Å². The second-order valence-electron chi connectivity index (χ2n) is 7.59. The third-order valence-electron chi connectivity index (χ3n) is 5.05. The van der Waals surface area contributed by atoms with Crippen molar-refractivity contribution in [3.05, 3.63) is 60.8 Å². The molecular weight excluding hydrogens is 429 g/mol. The van der Waals surface area contributed by atoms with Crippen LogP contribution in [-0.2, 0) is 20.1 Å². The topological polar surface area (TPSA) is 111 Å². The van der Waals surface area contributed by atoms with Gasteiger partial charge in [0.05, 0.1) is 37.4 Å². The van der Waals surface area contributed by atoms with E-state index in [1.165, 1.54) is 25.4 Å². The van der Waals surface area contributed by atoms with Gasteiger partial charge in [-0.05, 0) is 30.3 Å². The van der Waals surface area contributed by atoms with Gasteiger partial charge >= 0.3 is 11.8 Å². The molecule has 0 spiro atoms. The number of rotatable bonds is 7. The van der Waals surface area contributed by atoms with Gasteiger partial charge in [-0.3, -0.25) is 4.79 Å². The number of hydrogen-bond acceptors (Lipinski definition) is 7. The van der Waals surface area contributed by atoms with Gasteiger partial charge in [0.2, 0.25) is 0 Å². The first-order chi connectivity index (χ1) is 16.0. The average molecular weight is 453 g/mol. The van der Waals surface area contributed by atoms with Crippen LogP contribution in [0.4, 0.5) is 4.39 Å². The summed E-state index contributed by atoms with van der Waals surface area (Å²) in [6, 6.07) is 7.66. The van der Waals surface area contributed by atoms with E-state index in [1.807, 2.05) is 6.92 Å². The van der Waals surface area contributed by atoms with Crippen LogP contribution in [0.5, 0.6) is 6.01 Å². The summed E-state index contributed by atoms with van der Waals surface area (Å²) in [5.41, 5.74) is 1.98. The van der Waals surface area contributed by atoms with Crippen LogP contribution in [0, 0.1) is 11.7 Å². The molecule has 1 amide bonds. The van der Waals surface area contributed by atoms with Gasteiger partial charge in [0.25, 0.3) is 5.91 Å². The van der Waals surface area contributed by atoms with Crippen LogP contribution in [0.1, 0.15) is 12.7 Å². The molecule has 1 aromatic carbocycles. The van der Waals surface area contributed by atoms with Crippen molar-refractivity contribution < 1.29 is 23.4 Å². The summed E-state index contributed by atoms with van der Waals surface area (Å²) in [7, 11) is 1.46. The molecule has 0 atom stereocenters. The Bertz CT molecular complexity index is 1140. The minimum Gasteiger partial charge on any atom is -0.467 e. The molecule has 0 saturated carbocycles. The molecule has 1 fully saturated rings. The lowest BCUT2D eigenvalue weighted by Crippen LogP contribution is -2.53. The molecule has 1 aliphatic rings. The van der Waals surface area contributed by atoms with Crippen LogP contribution in [0.25, 0.3) is 22.6 Å². The zero-order valence-electron chi connectivity index (χ0n) is 18.3. The Morgan fingerprint density at radius 2 is 2.03 bits per heavy atom. The Kier molecular flexibility index (Phi) is 6.47. The Labute approximate surface area is 190 Å². The van der Waals surface area contributed by atoms with Crippen molar-refractivity contribution in [1.29, 1.82) is 0 Å². The number of carbonyl (C=O) groups is 1. The summed E-state index contributed by atoms with van der Waals surface area (Å²) in [5.74, 6) is -2.45. The van der Waals surface area contributed by atoms with Crippen molar-refractivity contribution in [3.63, 3.8) is 0 Å². The number of carbonyl (C=O) groups excluding carboxylic acids is 1. The highest BCUT2D eigenvalue weighted by molar-refractivity contribution is 5.86. The number of imidazole rings is 1. The fourth-order valence-electron chi connectivity index (χ4n) is 3.38. The van der Waals surface area contributed by atoms with E-state index < -0.39 is 11.7 Å². The number of methoxy groups -OCH3 is 1. The zero-order chi connectivity index (χ0) is 23.4. The van der Waals surface area contributed by atoms with Gasteiger partial charge in [-0.15, -0.1) is 6.58 Å². The first-order valence-electron chi connectivity index (χ1n) is 10.4. The minimum atomic E-state index is -1.79. The number of amides is 1. The van der Waals surface area contributed by atoms with Crippen LogP contribution in [0.2, 0.25) is 0 Å². The number of benzene rings is 1. The normalized spacial score (nSPS) is 20.3. The zero-order valence-corrected chi connectivity index (χ0v) is 18.3. The van der Waals surface area contributed by atoms with E-state index in [4.69, 9.17) is 14.2 Å². The summed E-state index contributed by atoms with van der Waals surface area (Å²) in [4.78, 5) is 29.4. The Morgan fingerprint density at radius 3 is 2.70 bits per heavy atom. The molecule has 0 radical (unpaired) electrons. The molecule has 33 heavy (non-hydrogen) atoms. The van der Waals surface area contributed by atoms with Crippen LogP contribution in [0.3, 0.4) is 0 Å². The molecule has 3 heterocycles. The molecule has 0 bridgehead atoms. The van der Waals surface area contributed by atoms with E-state index in [0.717, 1.165) is 0 Å². The molecule has 0 unspecified atom stereocenters. The number of nitrogens with one attached hydrogen (secondary N) is 2. The van der Waals surface area contributed by atoms with E-state index >= 15 is 0 Å². The van der Waals surface area contributed by atoms with E-state index in [2.05, 4.69) is 31.8 Å². The highest BCUT2D eigenvalue weighted by Gasteiger charge is 2.49. The highest BCUT2D eigenvalue weighted by atomic mass is 19.1. The standard InChI is InChI=1S/C23H24FN5O4/c1-4-10-25-21(30)23(32-12-14(2)13-33-23)20-28-18(15-5-7-16(24)8-6-15)19(29-20)17-9-11-26-22(27-17)31-3/h4-9,11,14H,1,10,12-13H2,2-3H3,(H,25,30)(H,28,29). The minimum absolute atomic E-state index is 0.0995. The number of aromatic nitrogens is 4. The maximum atomic E-state index is 13.6. The number of hydrogen-bond donors (Lipinski definition) is 2. The van der Waals surface area contributed by atoms with Crippen molar-refractivity contribution in [2.75, 3.05) is 26.9 Å². The first kappa shape index (κ1) is 22.6. The summed E-state index contributed by atoms with van der Waals surface area (Å²) in [6.45, 7) is 6.40. The van der Waals surface area contributed by atoms with Crippen LogP contribution in [0.15, 0.2) is 49.2 Å². The molecule has 9 nitrogen and oxygen atoms in total. The lowest BCUT2D eigenvalue weighted by molar-refractivity contribution is -0.277. The molecule has 172 valence electrons. The maximum absolute atomic E-state index is 13.6. The van der Waals surface area contributed by atoms with Gasteiger partial charge < -0.3 is 24.5 Å². The van der Waals surface area contributed by atoms with Gasteiger partial charge in [0.1, 0.15) is 5.82 Å². The maximum Gasteiger partial charge on any atom is 0.316 e. The first-order valence-corrected chi connectivity index (χ1v) is 10.4. The Hall–Kier alpha value is -3.63. The summed E-state index contributed by atoms with van der Waals surface area (Å²) < 4.78 is 30.6. The lowest BCUT2D eigenvalue weighted by atomic mass is 10.1. The van der Waals surface area contributed by atoms with Gasteiger partial charge in [0.15, 0.2) is 5.82 Å². The van der Waals surface area contributed by atoms with Crippen molar-refractivity contribution in [2.45, 2.75) is 12.7 Å². The smallest absolute Gasteiger partial charge is 0.316 e. The van der Waals surface area contributed by atoms with Crippen molar-refractivity contribution in [3.8, 4) is 28.7 Å². The third kappa shape index (κ3) is 4.48. The van der Waals surface area contributed by atoms with Crippen LogP contribution >= 0.6 is 0 Å². The summed E-state index contributed by atoms with van der Waals surface area (Å²) in [6.07, 6.45) is 3.10. The van der Waals surface area contributed by atoms with E-state index in [-0.39, 0.29) is 30.1 Å². The van der Waals surface area contributed by atoms with Gasteiger partial charge in [-0.2, -0.15) is 4.98 Å². The van der Waals surface area contributed by atoms with Gasteiger partial charge in [-0.1, -0.05) is 13.0 Å². The predicted molar refractivity (Wildman–Crippen MR) is 118 cm³/mol. The predicted octanol–water partition coefficient (Wildman–Crippen LogP) is 2.82. The number of aromatic amines is 1. The third-order valence-corrected chi connectivity index (χ3v) is 5.05. The van der Waals surface area contributed by atoms with E-state index in [0.29, 0.717) is 35.9 Å². The Morgan fingerprint density at radius 1 is 1.30 bits per heavy atom. The molecule has 3 aromatic rings. The molecule has 2 aromatic heterocycles. The SMILES string of the molecule is C=CCNC(=O)C1(c2nc(-c3ccc(F)cc3)c(-c3ccnc(OC)n3)[nH]2)OCC(C)CO1. The molecule has 0 aliphatic carbocycles. The number of halogens is 1. The molecular formula is C23H24FN5O4. The van der Waals surface area contributed by atoms with Crippen LogP contribution < -0.4 is 10.1 Å². The fraction of sp³-hybridized carbons (Fsp3) is 0.304. The van der Waals surface area contributed by atoms with Crippen molar-refractivity contribution >= 4 is 5.91 Å². The summed E-state index contributed by atoms with van der Waals surface area (Å²) >= 11 is 0. The molecule has 10 heteroatoms. The average Bonchev–Trinajstić information content (AvgIpc) is 3.29. The van der Waals surface area contributed by atoms with Crippen LogP contribution in [-0.4, -0.2) is 52.7 Å². The molecule has 2 N–H and O–H groups in total. The van der Waals surface area contributed by atoms with Crippen molar-refractivity contribution in [2.24, 2.45) is 5.92 Å². The van der Waals surface area contributed by atoms with Gasteiger partial charge in [0, 0.05) is 24.2 Å².